The molecule has 0 bridgehead atoms. The van der Waals surface area contributed by atoms with Crippen LogP contribution in [0.15, 0.2) is 48.8 Å². The highest BCUT2D eigenvalue weighted by Gasteiger charge is 2.10. The van der Waals surface area contributed by atoms with Gasteiger partial charge in [-0.2, -0.15) is 0 Å². The number of pyridine rings is 1. The van der Waals surface area contributed by atoms with Crippen molar-refractivity contribution in [3.63, 3.8) is 0 Å². The van der Waals surface area contributed by atoms with E-state index in [1.165, 1.54) is 0 Å². The molecule has 1 heterocycles. The molecule has 1 aromatic carbocycles. The molecule has 0 fully saturated rings. The summed E-state index contributed by atoms with van der Waals surface area (Å²) in [6.45, 7) is 0.330. The van der Waals surface area contributed by atoms with Gasteiger partial charge in [-0.15, -0.1) is 0 Å². The Morgan fingerprint density at radius 2 is 2.06 bits per heavy atom. The number of hydrogen-bond acceptors (Lipinski definition) is 4. The first kappa shape index (κ1) is 12.5. The number of benzene rings is 1. The van der Waals surface area contributed by atoms with Crippen molar-refractivity contribution in [2.75, 3.05) is 6.61 Å². The summed E-state index contributed by atoms with van der Waals surface area (Å²) in [6, 6.07) is 10.9. The zero-order chi connectivity index (χ0) is 12.8. The molecule has 0 spiro atoms. The van der Waals surface area contributed by atoms with E-state index >= 15 is 0 Å². The van der Waals surface area contributed by atoms with Crippen molar-refractivity contribution in [2.24, 2.45) is 5.73 Å². The molecule has 0 amide bonds. The van der Waals surface area contributed by atoms with Crippen molar-refractivity contribution in [3.05, 3.63) is 59.9 Å². The van der Waals surface area contributed by atoms with Crippen molar-refractivity contribution >= 4 is 0 Å². The zero-order valence-electron chi connectivity index (χ0n) is 9.99. The Bertz CT molecular complexity index is 488. The Morgan fingerprint density at radius 3 is 2.78 bits per heavy atom. The second-order valence-corrected chi connectivity index (χ2v) is 3.98. The third-order valence-electron chi connectivity index (χ3n) is 2.63. The van der Waals surface area contributed by atoms with Crippen LogP contribution < -0.4 is 10.5 Å². The number of nitrogens with two attached hydrogens (primary N) is 1. The minimum atomic E-state index is -0.421. The molecular formula is C14H16N2O2. The fourth-order valence-electron chi connectivity index (χ4n) is 1.66. The average molecular weight is 244 g/mol. The minimum Gasteiger partial charge on any atom is -0.489 e. The molecule has 0 saturated carbocycles. The molecule has 94 valence electrons. The Balaban J connectivity index is 2.10. The molecule has 0 unspecified atom stereocenters. The van der Waals surface area contributed by atoms with E-state index in [1.54, 1.807) is 12.4 Å². The molecule has 1 atom stereocenters. The van der Waals surface area contributed by atoms with Crippen LogP contribution in [0.1, 0.15) is 17.2 Å². The number of aliphatic hydroxyl groups is 1. The molecule has 18 heavy (non-hydrogen) atoms. The van der Waals surface area contributed by atoms with Gasteiger partial charge < -0.3 is 15.6 Å². The van der Waals surface area contributed by atoms with Crippen LogP contribution in [0.3, 0.4) is 0 Å². The van der Waals surface area contributed by atoms with E-state index in [4.69, 9.17) is 15.6 Å². The lowest BCUT2D eigenvalue weighted by atomic mass is 10.1. The molecule has 3 N–H and O–H groups in total. The minimum absolute atomic E-state index is 0.104. The molecule has 0 aliphatic carbocycles. The molecule has 4 nitrogen and oxygen atoms in total. The summed E-state index contributed by atoms with van der Waals surface area (Å²) in [7, 11) is 0. The molecule has 2 aromatic rings. The largest absolute Gasteiger partial charge is 0.489 e. The number of para-hydroxylation sites is 1. The molecular weight excluding hydrogens is 228 g/mol. The van der Waals surface area contributed by atoms with Gasteiger partial charge in [0, 0.05) is 23.5 Å². The molecule has 1 aromatic heterocycles. The maximum Gasteiger partial charge on any atom is 0.124 e. The molecule has 0 aliphatic rings. The van der Waals surface area contributed by atoms with E-state index in [0.717, 1.165) is 11.1 Å². The molecule has 4 heteroatoms. The summed E-state index contributed by atoms with van der Waals surface area (Å²) in [5.41, 5.74) is 7.62. The van der Waals surface area contributed by atoms with Crippen LogP contribution in [0, 0.1) is 0 Å². The third kappa shape index (κ3) is 3.06. The van der Waals surface area contributed by atoms with Crippen LogP contribution in [-0.2, 0) is 6.61 Å². The summed E-state index contributed by atoms with van der Waals surface area (Å²) in [5, 5.41) is 9.11. The fraction of sp³-hybridized carbons (Fsp3) is 0.214. The summed E-state index contributed by atoms with van der Waals surface area (Å²) >= 11 is 0. The fourth-order valence-corrected chi connectivity index (χ4v) is 1.66. The van der Waals surface area contributed by atoms with Crippen molar-refractivity contribution in [3.8, 4) is 5.75 Å². The van der Waals surface area contributed by atoms with E-state index < -0.39 is 6.04 Å². The van der Waals surface area contributed by atoms with Crippen molar-refractivity contribution < 1.29 is 9.84 Å². The molecule has 0 saturated heterocycles. The summed E-state index contributed by atoms with van der Waals surface area (Å²) in [4.78, 5) is 4.03. The predicted molar refractivity (Wildman–Crippen MR) is 69.0 cm³/mol. The van der Waals surface area contributed by atoms with Crippen molar-refractivity contribution in [2.45, 2.75) is 12.6 Å². The van der Waals surface area contributed by atoms with Crippen LogP contribution >= 0.6 is 0 Å². The number of rotatable bonds is 5. The first-order chi connectivity index (χ1) is 8.81. The second-order valence-electron chi connectivity index (χ2n) is 3.98. The maximum atomic E-state index is 9.11. The molecule has 2 rings (SSSR count). The smallest absolute Gasteiger partial charge is 0.124 e. The van der Waals surface area contributed by atoms with E-state index in [1.807, 2.05) is 36.4 Å². The molecule has 0 aliphatic heterocycles. The normalized spacial score (nSPS) is 12.1. The zero-order valence-corrected chi connectivity index (χ0v) is 9.99. The highest BCUT2D eigenvalue weighted by molar-refractivity contribution is 5.36. The maximum absolute atomic E-state index is 9.11. The van der Waals surface area contributed by atoms with E-state index in [2.05, 4.69) is 4.98 Å². The lowest BCUT2D eigenvalue weighted by Crippen LogP contribution is -2.15. The van der Waals surface area contributed by atoms with Gasteiger partial charge in [0.05, 0.1) is 12.6 Å². The quantitative estimate of drug-likeness (QED) is 0.839. The monoisotopic (exact) mass is 244 g/mol. The van der Waals surface area contributed by atoms with Gasteiger partial charge in [-0.05, 0) is 12.1 Å². The van der Waals surface area contributed by atoms with Gasteiger partial charge in [0.25, 0.3) is 0 Å². The van der Waals surface area contributed by atoms with Crippen LogP contribution in [-0.4, -0.2) is 16.7 Å². The van der Waals surface area contributed by atoms with Gasteiger partial charge >= 0.3 is 0 Å². The van der Waals surface area contributed by atoms with E-state index in [0.29, 0.717) is 12.4 Å². The average Bonchev–Trinajstić information content (AvgIpc) is 2.45. The number of ether oxygens (including phenoxy) is 1. The van der Waals surface area contributed by atoms with Gasteiger partial charge in [0.15, 0.2) is 0 Å². The Morgan fingerprint density at radius 1 is 1.22 bits per heavy atom. The van der Waals surface area contributed by atoms with Gasteiger partial charge in [0.1, 0.15) is 12.4 Å². The first-order valence-corrected chi connectivity index (χ1v) is 5.78. The van der Waals surface area contributed by atoms with E-state index in [-0.39, 0.29) is 6.61 Å². The van der Waals surface area contributed by atoms with E-state index in [9.17, 15) is 0 Å². The van der Waals surface area contributed by atoms with Crippen LogP contribution in [0.25, 0.3) is 0 Å². The van der Waals surface area contributed by atoms with Gasteiger partial charge in [-0.3, -0.25) is 4.98 Å². The van der Waals surface area contributed by atoms with Gasteiger partial charge in [0.2, 0.25) is 0 Å². The summed E-state index contributed by atoms with van der Waals surface area (Å²) in [5.74, 6) is 0.697. The van der Waals surface area contributed by atoms with Crippen LogP contribution in [0.5, 0.6) is 5.75 Å². The number of aromatic nitrogens is 1. The summed E-state index contributed by atoms with van der Waals surface area (Å²) < 4.78 is 5.72. The summed E-state index contributed by atoms with van der Waals surface area (Å²) in [6.07, 6.45) is 3.48. The number of hydrogen-bond donors (Lipinski definition) is 2. The highest BCUT2D eigenvalue weighted by Crippen LogP contribution is 2.24. The lowest BCUT2D eigenvalue weighted by molar-refractivity contribution is 0.257. The topological polar surface area (TPSA) is 68.4 Å². The Kier molecular flexibility index (Phi) is 4.28. The predicted octanol–water partition coefficient (Wildman–Crippen LogP) is 1.65. The van der Waals surface area contributed by atoms with Crippen LogP contribution in [0.2, 0.25) is 0 Å². The first-order valence-electron chi connectivity index (χ1n) is 5.78. The SMILES string of the molecule is N[C@H](CO)c1ccccc1OCc1cccnc1. The van der Waals surface area contributed by atoms with Crippen molar-refractivity contribution in [1.29, 1.82) is 0 Å². The Hall–Kier alpha value is -1.91. The lowest BCUT2D eigenvalue weighted by Gasteiger charge is -2.15. The molecule has 0 radical (unpaired) electrons. The van der Waals surface area contributed by atoms with Crippen LogP contribution in [0.4, 0.5) is 0 Å². The number of aliphatic hydroxyl groups excluding tert-OH is 1. The van der Waals surface area contributed by atoms with Crippen molar-refractivity contribution in [1.82, 2.24) is 4.98 Å². The van der Waals surface area contributed by atoms with Gasteiger partial charge in [-0.25, -0.2) is 0 Å². The number of nitrogens with zero attached hydrogens (tertiary/aromatic N) is 1. The van der Waals surface area contributed by atoms with Gasteiger partial charge in [-0.1, -0.05) is 24.3 Å². The second kappa shape index (κ2) is 6.14. The third-order valence-corrected chi connectivity index (χ3v) is 2.63. The highest BCUT2D eigenvalue weighted by atomic mass is 16.5. The Labute approximate surface area is 106 Å². The standard InChI is InChI=1S/C14H16N2O2/c15-13(9-17)12-5-1-2-6-14(12)18-10-11-4-3-7-16-8-11/h1-8,13,17H,9-10,15H2/t13-/m1/s1.